The fourth-order valence-electron chi connectivity index (χ4n) is 4.43. The molecule has 1 unspecified atom stereocenters. The zero-order valence-electron chi connectivity index (χ0n) is 17.6. The second-order valence-corrected chi connectivity index (χ2v) is 8.67. The molecule has 2 aromatic heterocycles. The van der Waals surface area contributed by atoms with Crippen molar-refractivity contribution in [2.45, 2.75) is 12.8 Å². The monoisotopic (exact) mass is 438 g/mol. The number of rotatable bonds is 5. The number of hydrogen-bond donors (Lipinski definition) is 0. The molecule has 9 heteroatoms. The van der Waals surface area contributed by atoms with Crippen LogP contribution in [-0.2, 0) is 9.57 Å². The van der Waals surface area contributed by atoms with Gasteiger partial charge in [-0.1, -0.05) is 5.16 Å². The van der Waals surface area contributed by atoms with E-state index >= 15 is 0 Å². The predicted octanol–water partition coefficient (Wildman–Crippen LogP) is 3.19. The van der Waals surface area contributed by atoms with E-state index in [0.29, 0.717) is 0 Å². The number of hydrogen-bond acceptors (Lipinski definition) is 9. The van der Waals surface area contributed by atoms with Crippen LogP contribution in [0.1, 0.15) is 17.8 Å². The van der Waals surface area contributed by atoms with E-state index in [2.05, 4.69) is 48.1 Å². The number of morpholine rings is 1. The molecule has 0 aliphatic carbocycles. The molecule has 1 aromatic carbocycles. The van der Waals surface area contributed by atoms with Gasteiger partial charge in [-0.3, -0.25) is 0 Å². The molecule has 1 atom stereocenters. The maximum absolute atomic E-state index is 5.48. The van der Waals surface area contributed by atoms with Crippen molar-refractivity contribution in [2.24, 2.45) is 11.1 Å². The molecule has 4 heterocycles. The third-order valence-corrected chi connectivity index (χ3v) is 6.72. The van der Waals surface area contributed by atoms with Crippen molar-refractivity contribution in [3.8, 4) is 0 Å². The molecule has 2 fully saturated rings. The highest BCUT2D eigenvalue weighted by Gasteiger charge is 2.28. The summed E-state index contributed by atoms with van der Waals surface area (Å²) in [6.45, 7) is 5.16. The number of benzene rings is 1. The zero-order chi connectivity index (χ0) is 21.0. The number of piperidine rings is 1. The van der Waals surface area contributed by atoms with E-state index in [-0.39, 0.29) is 5.92 Å². The Morgan fingerprint density at radius 2 is 2.06 bits per heavy atom. The van der Waals surface area contributed by atoms with Crippen LogP contribution in [0.25, 0.3) is 10.9 Å². The van der Waals surface area contributed by atoms with E-state index in [0.717, 1.165) is 79.7 Å². The van der Waals surface area contributed by atoms with Crippen LogP contribution >= 0.6 is 11.3 Å². The highest BCUT2D eigenvalue weighted by atomic mass is 32.1. The molecule has 0 saturated carbocycles. The van der Waals surface area contributed by atoms with E-state index < -0.39 is 0 Å². The van der Waals surface area contributed by atoms with E-state index in [4.69, 9.17) is 9.57 Å². The molecule has 5 rings (SSSR count). The van der Waals surface area contributed by atoms with Gasteiger partial charge in [-0.15, -0.1) is 11.3 Å². The van der Waals surface area contributed by atoms with Crippen molar-refractivity contribution >= 4 is 39.5 Å². The summed E-state index contributed by atoms with van der Waals surface area (Å²) < 4.78 is 5.48. The van der Waals surface area contributed by atoms with Crippen molar-refractivity contribution in [1.29, 1.82) is 0 Å². The smallest absolute Gasteiger partial charge is 0.141 e. The van der Waals surface area contributed by atoms with Gasteiger partial charge in [-0.2, -0.15) is 0 Å². The summed E-state index contributed by atoms with van der Waals surface area (Å²) in [5.74, 6) is 1.23. The molecular weight excluding hydrogens is 412 g/mol. The Labute approximate surface area is 185 Å². The molecule has 162 valence electrons. The first-order chi connectivity index (χ1) is 15.3. The lowest BCUT2D eigenvalue weighted by atomic mass is 9.93. The lowest BCUT2D eigenvalue weighted by molar-refractivity contribution is 0.122. The SMILES string of the molecule is CON=C(c1nccs1)C1CCCN(c2ncnc3cc(N4CCOCC4)ccc23)C1. The summed E-state index contributed by atoms with van der Waals surface area (Å²) in [5, 5.41) is 8.32. The zero-order valence-corrected chi connectivity index (χ0v) is 18.4. The van der Waals surface area contributed by atoms with Gasteiger partial charge < -0.3 is 19.4 Å². The van der Waals surface area contributed by atoms with Crippen molar-refractivity contribution in [1.82, 2.24) is 15.0 Å². The average molecular weight is 439 g/mol. The maximum atomic E-state index is 5.48. The first-order valence-electron chi connectivity index (χ1n) is 10.7. The molecule has 0 radical (unpaired) electrons. The Hall–Kier alpha value is -2.78. The van der Waals surface area contributed by atoms with Crippen LogP contribution in [0.3, 0.4) is 0 Å². The largest absolute Gasteiger partial charge is 0.399 e. The third-order valence-electron chi connectivity index (χ3n) is 5.92. The normalized spacial score (nSPS) is 20.3. The van der Waals surface area contributed by atoms with Crippen LogP contribution in [0, 0.1) is 5.92 Å². The molecule has 0 N–H and O–H groups in total. The summed E-state index contributed by atoms with van der Waals surface area (Å²) in [6, 6.07) is 6.50. The summed E-state index contributed by atoms with van der Waals surface area (Å²) in [7, 11) is 1.60. The van der Waals surface area contributed by atoms with Crippen LogP contribution in [0.15, 0.2) is 41.3 Å². The summed E-state index contributed by atoms with van der Waals surface area (Å²) in [6.07, 6.45) is 5.61. The molecule has 31 heavy (non-hydrogen) atoms. The Morgan fingerprint density at radius 1 is 1.16 bits per heavy atom. The number of anilines is 2. The highest BCUT2D eigenvalue weighted by Crippen LogP contribution is 2.31. The summed E-state index contributed by atoms with van der Waals surface area (Å²) in [4.78, 5) is 23.6. The van der Waals surface area contributed by atoms with Crippen molar-refractivity contribution in [3.05, 3.63) is 41.1 Å². The molecule has 3 aromatic rings. The van der Waals surface area contributed by atoms with Crippen LogP contribution in [0.5, 0.6) is 0 Å². The molecule has 2 aliphatic rings. The van der Waals surface area contributed by atoms with Crippen molar-refractivity contribution in [3.63, 3.8) is 0 Å². The van der Waals surface area contributed by atoms with Gasteiger partial charge in [-0.25, -0.2) is 15.0 Å². The Kier molecular flexibility index (Phi) is 5.95. The molecule has 0 spiro atoms. The minimum Gasteiger partial charge on any atom is -0.399 e. The van der Waals surface area contributed by atoms with Gasteiger partial charge in [0.05, 0.1) is 18.7 Å². The van der Waals surface area contributed by atoms with Crippen molar-refractivity contribution < 1.29 is 9.57 Å². The van der Waals surface area contributed by atoms with Crippen LogP contribution in [0.2, 0.25) is 0 Å². The number of oxime groups is 1. The summed E-state index contributed by atoms with van der Waals surface area (Å²) in [5.41, 5.74) is 3.09. The second kappa shape index (κ2) is 9.15. The highest BCUT2D eigenvalue weighted by molar-refractivity contribution is 7.11. The molecule has 2 saturated heterocycles. The lowest BCUT2D eigenvalue weighted by Gasteiger charge is -2.34. The molecule has 8 nitrogen and oxygen atoms in total. The van der Waals surface area contributed by atoms with Gasteiger partial charge in [-0.05, 0) is 31.0 Å². The first-order valence-corrected chi connectivity index (χ1v) is 11.5. The topological polar surface area (TPSA) is 76.0 Å². The van der Waals surface area contributed by atoms with E-state index in [1.807, 2.05) is 11.6 Å². The fourth-order valence-corrected chi connectivity index (χ4v) is 5.13. The Morgan fingerprint density at radius 3 is 2.87 bits per heavy atom. The molecular formula is C22H26N6O2S. The lowest BCUT2D eigenvalue weighted by Crippen LogP contribution is -2.39. The fraction of sp³-hybridized carbons (Fsp3) is 0.455. The average Bonchev–Trinajstić information content (AvgIpc) is 3.37. The molecule has 0 bridgehead atoms. The van der Waals surface area contributed by atoms with Crippen LogP contribution < -0.4 is 9.80 Å². The molecule has 2 aliphatic heterocycles. The van der Waals surface area contributed by atoms with Gasteiger partial charge >= 0.3 is 0 Å². The van der Waals surface area contributed by atoms with E-state index in [9.17, 15) is 0 Å². The standard InChI is InChI=1S/C22H26N6O2S/c1-29-26-20(22-23-6-12-31-22)16-3-2-7-28(14-16)21-18-5-4-17(13-19(18)24-15-25-21)27-8-10-30-11-9-27/h4-6,12-13,15-16H,2-3,7-11,14H2,1H3. The Balaban J connectivity index is 1.42. The van der Waals surface area contributed by atoms with Gasteiger partial charge in [0.2, 0.25) is 0 Å². The minimum absolute atomic E-state index is 0.248. The van der Waals surface area contributed by atoms with Crippen LogP contribution in [0.4, 0.5) is 11.5 Å². The van der Waals surface area contributed by atoms with Gasteiger partial charge in [0.15, 0.2) is 0 Å². The van der Waals surface area contributed by atoms with E-state index in [1.54, 1.807) is 24.8 Å². The molecule has 0 amide bonds. The minimum atomic E-state index is 0.248. The number of thiazole rings is 1. The second-order valence-electron chi connectivity index (χ2n) is 7.78. The predicted molar refractivity (Wildman–Crippen MR) is 123 cm³/mol. The number of nitrogens with zero attached hydrogens (tertiary/aromatic N) is 6. The van der Waals surface area contributed by atoms with Crippen LogP contribution in [-0.4, -0.2) is 67.2 Å². The quantitative estimate of drug-likeness (QED) is 0.447. The number of fused-ring (bicyclic) bond motifs is 1. The maximum Gasteiger partial charge on any atom is 0.141 e. The summed E-state index contributed by atoms with van der Waals surface area (Å²) >= 11 is 1.60. The number of ether oxygens (including phenoxy) is 1. The van der Waals surface area contributed by atoms with Crippen molar-refractivity contribution in [2.75, 3.05) is 56.3 Å². The number of aromatic nitrogens is 3. The van der Waals surface area contributed by atoms with Gasteiger partial charge in [0.1, 0.15) is 30.0 Å². The van der Waals surface area contributed by atoms with Gasteiger partial charge in [0, 0.05) is 54.7 Å². The van der Waals surface area contributed by atoms with E-state index in [1.165, 1.54) is 5.69 Å². The Bertz CT molecular complexity index is 1050. The first kappa shape index (κ1) is 20.1. The third kappa shape index (κ3) is 4.20. The van der Waals surface area contributed by atoms with Gasteiger partial charge in [0.25, 0.3) is 0 Å².